The molecule has 1 saturated carbocycles. The standard InChI is InChI=1S/C27H41F3N2O2/c1-3-15-32(21(2)18-22-9-11-25(12-10-22)34-20-27(28,29)30)19-23-13-16-31(17-14-23)26(33)24-7-5-4-6-8-24/h9-12,21,23-24H,3-8,13-20H2,1-2H3. The second kappa shape index (κ2) is 12.8. The van der Waals surface area contributed by atoms with Crippen LogP contribution in [0.2, 0.25) is 0 Å². The zero-order valence-electron chi connectivity index (χ0n) is 20.8. The van der Waals surface area contributed by atoms with E-state index >= 15 is 0 Å². The second-order valence-electron chi connectivity index (χ2n) is 10.2. The summed E-state index contributed by atoms with van der Waals surface area (Å²) in [6, 6.07) is 7.31. The molecule has 1 amide bonds. The zero-order valence-corrected chi connectivity index (χ0v) is 20.8. The maximum atomic E-state index is 12.9. The Kier molecular flexibility index (Phi) is 10.1. The fourth-order valence-electron chi connectivity index (χ4n) is 5.41. The summed E-state index contributed by atoms with van der Waals surface area (Å²) in [7, 11) is 0. The van der Waals surface area contributed by atoms with Gasteiger partial charge in [0.1, 0.15) is 5.75 Å². The van der Waals surface area contributed by atoms with Crippen LogP contribution in [-0.2, 0) is 11.2 Å². The van der Waals surface area contributed by atoms with Crippen LogP contribution in [0.5, 0.6) is 5.75 Å². The summed E-state index contributed by atoms with van der Waals surface area (Å²) in [5.74, 6) is 1.49. The van der Waals surface area contributed by atoms with Crippen molar-refractivity contribution in [2.45, 2.75) is 83.9 Å². The van der Waals surface area contributed by atoms with E-state index in [2.05, 4.69) is 23.6 Å². The predicted molar refractivity (Wildman–Crippen MR) is 129 cm³/mol. The summed E-state index contributed by atoms with van der Waals surface area (Å²) < 4.78 is 41.8. The molecule has 0 radical (unpaired) electrons. The van der Waals surface area contributed by atoms with Crippen LogP contribution in [-0.4, -0.2) is 60.7 Å². The Morgan fingerprint density at radius 2 is 1.74 bits per heavy atom. The highest BCUT2D eigenvalue weighted by molar-refractivity contribution is 5.79. The molecule has 192 valence electrons. The van der Waals surface area contributed by atoms with Crippen LogP contribution < -0.4 is 4.74 Å². The first-order valence-electron chi connectivity index (χ1n) is 13.1. The number of likely N-dealkylation sites (tertiary alicyclic amines) is 1. The average molecular weight is 483 g/mol. The van der Waals surface area contributed by atoms with Crippen molar-refractivity contribution in [1.82, 2.24) is 9.80 Å². The van der Waals surface area contributed by atoms with Gasteiger partial charge >= 0.3 is 6.18 Å². The Morgan fingerprint density at radius 1 is 1.09 bits per heavy atom. The normalized spacial score (nSPS) is 19.4. The molecule has 1 saturated heterocycles. The lowest BCUT2D eigenvalue weighted by molar-refractivity contribution is -0.153. The number of halogens is 3. The first-order valence-corrected chi connectivity index (χ1v) is 13.1. The lowest BCUT2D eigenvalue weighted by atomic mass is 9.87. The molecular formula is C27H41F3N2O2. The van der Waals surface area contributed by atoms with Crippen LogP contribution in [0.3, 0.4) is 0 Å². The molecule has 7 heteroatoms. The third-order valence-electron chi connectivity index (χ3n) is 7.36. The molecule has 1 aliphatic carbocycles. The van der Waals surface area contributed by atoms with E-state index in [9.17, 15) is 18.0 Å². The summed E-state index contributed by atoms with van der Waals surface area (Å²) in [6.07, 6.45) is 5.52. The van der Waals surface area contributed by atoms with Crippen LogP contribution in [0.25, 0.3) is 0 Å². The summed E-state index contributed by atoms with van der Waals surface area (Å²) >= 11 is 0. The first-order chi connectivity index (χ1) is 16.2. The number of piperidine rings is 1. The molecule has 0 bridgehead atoms. The molecule has 1 aromatic rings. The average Bonchev–Trinajstić information content (AvgIpc) is 2.83. The molecule has 1 aliphatic heterocycles. The molecule has 0 N–H and O–H groups in total. The van der Waals surface area contributed by atoms with Gasteiger partial charge in [-0.1, -0.05) is 38.3 Å². The molecule has 34 heavy (non-hydrogen) atoms. The van der Waals surface area contributed by atoms with Crippen molar-refractivity contribution in [3.8, 4) is 5.75 Å². The Bertz CT molecular complexity index is 739. The van der Waals surface area contributed by atoms with Gasteiger partial charge in [0.25, 0.3) is 0 Å². The van der Waals surface area contributed by atoms with Crippen molar-refractivity contribution in [2.24, 2.45) is 11.8 Å². The highest BCUT2D eigenvalue weighted by atomic mass is 19.4. The number of hydrogen-bond donors (Lipinski definition) is 0. The minimum Gasteiger partial charge on any atom is -0.484 e. The largest absolute Gasteiger partial charge is 0.484 e. The third-order valence-corrected chi connectivity index (χ3v) is 7.36. The smallest absolute Gasteiger partial charge is 0.422 e. The lowest BCUT2D eigenvalue weighted by Crippen LogP contribution is -2.46. The number of benzene rings is 1. The second-order valence-corrected chi connectivity index (χ2v) is 10.2. The fraction of sp³-hybridized carbons (Fsp3) is 0.741. The Hall–Kier alpha value is -1.76. The minimum absolute atomic E-state index is 0.244. The molecule has 1 atom stereocenters. The molecule has 2 fully saturated rings. The van der Waals surface area contributed by atoms with E-state index in [1.807, 2.05) is 12.1 Å². The van der Waals surface area contributed by atoms with Gasteiger partial charge in [-0.25, -0.2) is 0 Å². The highest BCUT2D eigenvalue weighted by Gasteiger charge is 2.30. The van der Waals surface area contributed by atoms with Crippen molar-refractivity contribution in [2.75, 3.05) is 32.8 Å². The van der Waals surface area contributed by atoms with Gasteiger partial charge in [-0.05, 0) is 75.6 Å². The zero-order chi connectivity index (χ0) is 24.6. The molecule has 4 nitrogen and oxygen atoms in total. The van der Waals surface area contributed by atoms with E-state index in [1.54, 1.807) is 12.1 Å². The van der Waals surface area contributed by atoms with Crippen LogP contribution in [0.15, 0.2) is 24.3 Å². The van der Waals surface area contributed by atoms with Gasteiger partial charge in [0.2, 0.25) is 5.91 Å². The van der Waals surface area contributed by atoms with Gasteiger partial charge in [0.05, 0.1) is 0 Å². The quantitative estimate of drug-likeness (QED) is 0.405. The summed E-state index contributed by atoms with van der Waals surface area (Å²) in [5.41, 5.74) is 1.10. The van der Waals surface area contributed by atoms with Gasteiger partial charge in [-0.2, -0.15) is 13.2 Å². The molecule has 0 aromatic heterocycles. The molecule has 2 aliphatic rings. The van der Waals surface area contributed by atoms with Crippen molar-refractivity contribution >= 4 is 5.91 Å². The lowest BCUT2D eigenvalue weighted by Gasteiger charge is -2.38. The molecule has 1 aromatic carbocycles. The molecule has 1 heterocycles. The van der Waals surface area contributed by atoms with Crippen LogP contribution in [0.1, 0.15) is 70.8 Å². The SMILES string of the molecule is CCCN(CC1CCN(C(=O)C2CCCCC2)CC1)C(C)Cc1ccc(OCC(F)(F)F)cc1. The monoisotopic (exact) mass is 482 g/mol. The first kappa shape index (κ1) is 26.8. The molecular weight excluding hydrogens is 441 g/mol. The van der Waals surface area contributed by atoms with Gasteiger partial charge in [0.15, 0.2) is 6.61 Å². The highest BCUT2D eigenvalue weighted by Crippen LogP contribution is 2.28. The summed E-state index contributed by atoms with van der Waals surface area (Å²) in [6.45, 7) is 6.98. The maximum absolute atomic E-state index is 12.9. The fourth-order valence-corrected chi connectivity index (χ4v) is 5.41. The molecule has 3 rings (SSSR count). The number of ether oxygens (including phenoxy) is 1. The summed E-state index contributed by atoms with van der Waals surface area (Å²) in [4.78, 5) is 17.5. The van der Waals surface area contributed by atoms with E-state index in [-0.39, 0.29) is 11.7 Å². The number of nitrogens with zero attached hydrogens (tertiary/aromatic N) is 2. The van der Waals surface area contributed by atoms with Crippen molar-refractivity contribution in [3.63, 3.8) is 0 Å². The Labute approximate surface area is 202 Å². The topological polar surface area (TPSA) is 32.8 Å². The van der Waals surface area contributed by atoms with Crippen molar-refractivity contribution in [1.29, 1.82) is 0 Å². The number of carbonyl (C=O) groups excluding carboxylic acids is 1. The van der Waals surface area contributed by atoms with Crippen LogP contribution in [0.4, 0.5) is 13.2 Å². The van der Waals surface area contributed by atoms with Gasteiger partial charge in [-0.15, -0.1) is 0 Å². The predicted octanol–water partition coefficient (Wildman–Crippen LogP) is 6.09. The van der Waals surface area contributed by atoms with E-state index in [0.29, 0.717) is 17.9 Å². The number of carbonyl (C=O) groups is 1. The van der Waals surface area contributed by atoms with E-state index < -0.39 is 12.8 Å². The number of hydrogen-bond acceptors (Lipinski definition) is 3. The molecule has 1 unspecified atom stereocenters. The van der Waals surface area contributed by atoms with E-state index in [4.69, 9.17) is 4.74 Å². The molecule has 0 spiro atoms. The number of amides is 1. The van der Waals surface area contributed by atoms with Crippen LogP contribution in [0, 0.1) is 11.8 Å². The number of rotatable bonds is 10. The number of alkyl halides is 3. The van der Waals surface area contributed by atoms with Gasteiger partial charge in [-0.3, -0.25) is 4.79 Å². The Morgan fingerprint density at radius 3 is 2.32 bits per heavy atom. The van der Waals surface area contributed by atoms with Crippen LogP contribution >= 0.6 is 0 Å². The van der Waals surface area contributed by atoms with E-state index in [1.165, 1.54) is 19.3 Å². The van der Waals surface area contributed by atoms with E-state index in [0.717, 1.165) is 70.3 Å². The van der Waals surface area contributed by atoms with Gasteiger partial charge in [0, 0.05) is 31.6 Å². The third kappa shape index (κ3) is 8.47. The maximum Gasteiger partial charge on any atom is 0.422 e. The minimum atomic E-state index is -4.33. The Balaban J connectivity index is 1.46. The van der Waals surface area contributed by atoms with Crippen molar-refractivity contribution < 1.29 is 22.7 Å². The van der Waals surface area contributed by atoms with Crippen molar-refractivity contribution in [3.05, 3.63) is 29.8 Å². The van der Waals surface area contributed by atoms with Gasteiger partial charge < -0.3 is 14.5 Å². The summed E-state index contributed by atoms with van der Waals surface area (Å²) in [5, 5.41) is 0.